The van der Waals surface area contributed by atoms with Gasteiger partial charge in [0.2, 0.25) is 0 Å². The van der Waals surface area contributed by atoms with Crippen LogP contribution in [0.2, 0.25) is 0 Å². The maximum absolute atomic E-state index is 12.1. The van der Waals surface area contributed by atoms with Crippen molar-refractivity contribution in [2.24, 2.45) is 0 Å². The van der Waals surface area contributed by atoms with Gasteiger partial charge in [0.1, 0.15) is 0 Å². The van der Waals surface area contributed by atoms with E-state index in [1.165, 1.54) is 7.11 Å². The molecule has 0 amide bonds. The largest absolute Gasteiger partial charge is 0.504 e. The van der Waals surface area contributed by atoms with Crippen LogP contribution < -0.4 is 4.74 Å². The minimum absolute atomic E-state index is 0.00498. The average molecular weight is 350 g/mol. The number of methoxy groups -OCH3 is 1. The summed E-state index contributed by atoms with van der Waals surface area (Å²) in [5, 5.41) is 10.1. The zero-order chi connectivity index (χ0) is 18.8. The molecule has 1 fully saturated rings. The van der Waals surface area contributed by atoms with Crippen molar-refractivity contribution in [3.63, 3.8) is 0 Å². The summed E-state index contributed by atoms with van der Waals surface area (Å²) < 4.78 is 22.4. The molecule has 0 saturated carbocycles. The number of hydrogen-bond donors (Lipinski definition) is 1. The number of rotatable bonds is 6. The monoisotopic (exact) mass is 350 g/mol. The molecule has 0 radical (unpaired) electrons. The van der Waals surface area contributed by atoms with E-state index in [9.17, 15) is 9.90 Å². The highest BCUT2D eigenvalue weighted by molar-refractivity contribution is 6.48. The summed E-state index contributed by atoms with van der Waals surface area (Å²) in [5.74, 6) is -0.368. The minimum Gasteiger partial charge on any atom is -0.504 e. The molecule has 25 heavy (non-hydrogen) atoms. The van der Waals surface area contributed by atoms with E-state index < -0.39 is 24.1 Å². The zero-order valence-electron chi connectivity index (χ0n) is 15.8. The van der Waals surface area contributed by atoms with E-state index in [0.29, 0.717) is 12.4 Å². The molecule has 1 aromatic carbocycles. The fraction of sp³-hybridized carbons (Fsp3) is 0.611. The summed E-state index contributed by atoms with van der Waals surface area (Å²) in [6.07, 6.45) is 0.0937. The fourth-order valence-electron chi connectivity index (χ4n) is 2.76. The number of carbonyl (C=O) groups excluding carboxylic acids is 1. The van der Waals surface area contributed by atoms with Crippen molar-refractivity contribution in [1.29, 1.82) is 0 Å². The Morgan fingerprint density at radius 1 is 1.24 bits per heavy atom. The molecule has 1 N–H and O–H groups in total. The number of hydrogen-bond acceptors (Lipinski definition) is 6. The van der Waals surface area contributed by atoms with Gasteiger partial charge in [-0.15, -0.1) is 0 Å². The molecule has 1 unspecified atom stereocenters. The zero-order valence-corrected chi connectivity index (χ0v) is 15.8. The Kier molecular flexibility index (Phi) is 5.69. The van der Waals surface area contributed by atoms with Crippen molar-refractivity contribution in [3.05, 3.63) is 23.8 Å². The van der Waals surface area contributed by atoms with Crippen LogP contribution in [-0.2, 0) is 18.8 Å². The van der Waals surface area contributed by atoms with Gasteiger partial charge in [0, 0.05) is 5.82 Å². The first-order valence-corrected chi connectivity index (χ1v) is 8.49. The van der Waals surface area contributed by atoms with Gasteiger partial charge in [0.15, 0.2) is 11.5 Å². The normalized spacial score (nSPS) is 19.5. The van der Waals surface area contributed by atoms with Crippen LogP contribution in [0.4, 0.5) is 0 Å². The standard InChI is InChI=1S/C18H27BO6/c1-7-23-16(21)11-13(12-8-9-15(22-6)14(20)10-12)19-24-17(2,3)18(4,5)25-19/h8-10,13,20H,7,11H2,1-6H3. The van der Waals surface area contributed by atoms with Crippen LogP contribution in [0.5, 0.6) is 11.5 Å². The minimum atomic E-state index is -0.623. The topological polar surface area (TPSA) is 74.2 Å². The van der Waals surface area contributed by atoms with Crippen molar-refractivity contribution >= 4 is 13.1 Å². The predicted molar refractivity (Wildman–Crippen MR) is 94.7 cm³/mol. The van der Waals surface area contributed by atoms with E-state index in [0.717, 1.165) is 5.56 Å². The molecule has 0 aliphatic carbocycles. The molecule has 2 rings (SSSR count). The lowest BCUT2D eigenvalue weighted by Gasteiger charge is -2.32. The van der Waals surface area contributed by atoms with E-state index in [2.05, 4.69) is 0 Å². The SMILES string of the molecule is CCOC(=O)CC(B1OC(C)(C)C(C)(C)O1)c1ccc(OC)c(O)c1. The third-order valence-electron chi connectivity index (χ3n) is 4.92. The summed E-state index contributed by atoms with van der Waals surface area (Å²) in [4.78, 5) is 12.1. The van der Waals surface area contributed by atoms with Gasteiger partial charge in [-0.1, -0.05) is 6.07 Å². The summed E-state index contributed by atoms with van der Waals surface area (Å²) >= 11 is 0. The van der Waals surface area contributed by atoms with E-state index in [4.69, 9.17) is 18.8 Å². The first-order chi connectivity index (χ1) is 11.6. The van der Waals surface area contributed by atoms with Gasteiger partial charge in [0.25, 0.3) is 0 Å². The van der Waals surface area contributed by atoms with Crippen molar-refractivity contribution in [2.45, 2.75) is 58.1 Å². The second-order valence-electron chi connectivity index (χ2n) is 7.17. The van der Waals surface area contributed by atoms with Gasteiger partial charge >= 0.3 is 13.1 Å². The van der Waals surface area contributed by atoms with Gasteiger partial charge in [0.05, 0.1) is 31.3 Å². The first-order valence-electron chi connectivity index (χ1n) is 8.49. The molecule has 6 nitrogen and oxygen atoms in total. The molecule has 1 heterocycles. The third kappa shape index (κ3) is 4.10. The lowest BCUT2D eigenvalue weighted by atomic mass is 9.66. The number of aromatic hydroxyl groups is 1. The van der Waals surface area contributed by atoms with Crippen molar-refractivity contribution in [1.82, 2.24) is 0 Å². The van der Waals surface area contributed by atoms with Gasteiger partial charge < -0.3 is 23.9 Å². The third-order valence-corrected chi connectivity index (χ3v) is 4.92. The van der Waals surface area contributed by atoms with Crippen LogP contribution in [-0.4, -0.2) is 43.1 Å². The molecule has 138 valence electrons. The van der Waals surface area contributed by atoms with Gasteiger partial charge in [-0.2, -0.15) is 0 Å². The number of esters is 1. The molecule has 0 aromatic heterocycles. The molecule has 1 saturated heterocycles. The predicted octanol–water partition coefficient (Wildman–Crippen LogP) is 3.07. The fourth-order valence-corrected chi connectivity index (χ4v) is 2.76. The lowest BCUT2D eigenvalue weighted by Crippen LogP contribution is -2.41. The van der Waals surface area contributed by atoms with Crippen LogP contribution in [0.1, 0.15) is 52.4 Å². The Morgan fingerprint density at radius 3 is 2.32 bits per heavy atom. The Labute approximate surface area is 149 Å². The Hall–Kier alpha value is -1.73. The molecule has 1 aromatic rings. The first kappa shape index (κ1) is 19.6. The molecular weight excluding hydrogens is 323 g/mol. The highest BCUT2D eigenvalue weighted by atomic mass is 16.7. The number of phenolic OH excluding ortho intramolecular Hbond substituents is 1. The summed E-state index contributed by atoms with van der Waals surface area (Å²) in [7, 11) is 0.862. The molecule has 0 bridgehead atoms. The van der Waals surface area contributed by atoms with E-state index >= 15 is 0 Å². The highest BCUT2D eigenvalue weighted by Crippen LogP contribution is 2.42. The summed E-state index contributed by atoms with van der Waals surface area (Å²) in [6.45, 7) is 9.91. The van der Waals surface area contributed by atoms with E-state index in [-0.39, 0.29) is 18.1 Å². The maximum atomic E-state index is 12.1. The van der Waals surface area contributed by atoms with Crippen LogP contribution in [0, 0.1) is 0 Å². The highest BCUT2D eigenvalue weighted by Gasteiger charge is 2.54. The van der Waals surface area contributed by atoms with E-state index in [1.807, 2.05) is 27.7 Å². The molecule has 7 heteroatoms. The van der Waals surface area contributed by atoms with Crippen LogP contribution in [0.3, 0.4) is 0 Å². The molecule has 1 atom stereocenters. The second-order valence-corrected chi connectivity index (χ2v) is 7.17. The molecule has 0 spiro atoms. The molecular formula is C18H27BO6. The van der Waals surface area contributed by atoms with Crippen molar-refractivity contribution < 1.29 is 28.7 Å². The summed E-state index contributed by atoms with van der Waals surface area (Å²) in [5.41, 5.74) is -0.303. The maximum Gasteiger partial charge on any atom is 0.466 e. The van der Waals surface area contributed by atoms with Crippen LogP contribution >= 0.6 is 0 Å². The molecule has 1 aliphatic heterocycles. The Bertz CT molecular complexity index is 612. The Morgan fingerprint density at radius 2 is 1.84 bits per heavy atom. The number of ether oxygens (including phenoxy) is 2. The molecule has 1 aliphatic rings. The number of carbonyl (C=O) groups is 1. The van der Waals surface area contributed by atoms with Crippen molar-refractivity contribution in [3.8, 4) is 11.5 Å². The second kappa shape index (κ2) is 7.26. The van der Waals surface area contributed by atoms with Gasteiger partial charge in [-0.3, -0.25) is 4.79 Å². The lowest BCUT2D eigenvalue weighted by molar-refractivity contribution is -0.143. The van der Waals surface area contributed by atoms with E-state index in [1.54, 1.807) is 25.1 Å². The number of benzene rings is 1. The summed E-state index contributed by atoms with van der Waals surface area (Å²) in [6, 6.07) is 5.04. The van der Waals surface area contributed by atoms with Crippen molar-refractivity contribution in [2.75, 3.05) is 13.7 Å². The quantitative estimate of drug-likeness (QED) is 0.628. The Balaban J connectivity index is 2.34. The van der Waals surface area contributed by atoms with Crippen LogP contribution in [0.25, 0.3) is 0 Å². The van der Waals surface area contributed by atoms with Gasteiger partial charge in [-0.25, -0.2) is 0 Å². The van der Waals surface area contributed by atoms with Gasteiger partial charge in [-0.05, 0) is 52.3 Å². The number of phenols is 1. The average Bonchev–Trinajstić information content (AvgIpc) is 2.73. The van der Waals surface area contributed by atoms with Crippen LogP contribution in [0.15, 0.2) is 18.2 Å². The smallest absolute Gasteiger partial charge is 0.466 e.